The van der Waals surface area contributed by atoms with Gasteiger partial charge in [0.2, 0.25) is 0 Å². The van der Waals surface area contributed by atoms with Gasteiger partial charge in [-0.25, -0.2) is 0 Å². The molecule has 0 aliphatic rings. The lowest BCUT2D eigenvalue weighted by Crippen LogP contribution is -2.02. The SMILES string of the molecule is C=C\C=C/C(=C\N)C(/C)=C/OC(=C)C(CC)CC. The topological polar surface area (TPSA) is 35.2 Å². The maximum absolute atomic E-state index is 5.60. The minimum absolute atomic E-state index is 0.406. The van der Waals surface area contributed by atoms with Crippen LogP contribution in [0.15, 0.2) is 60.8 Å². The third-order valence-electron chi connectivity index (χ3n) is 2.87. The fraction of sp³-hybridized carbons (Fsp3) is 0.375. The molecule has 0 spiro atoms. The first kappa shape index (κ1) is 16.3. The molecule has 2 N–H and O–H groups in total. The molecule has 0 aromatic rings. The highest BCUT2D eigenvalue weighted by Gasteiger charge is 2.08. The largest absolute Gasteiger partial charge is 0.469 e. The number of rotatable bonds is 8. The van der Waals surface area contributed by atoms with E-state index >= 15 is 0 Å². The maximum Gasteiger partial charge on any atom is 0.0991 e. The quantitative estimate of drug-likeness (QED) is 0.508. The lowest BCUT2D eigenvalue weighted by Gasteiger charge is -2.15. The summed E-state index contributed by atoms with van der Waals surface area (Å²) >= 11 is 0. The van der Waals surface area contributed by atoms with E-state index in [1.807, 2.05) is 19.1 Å². The van der Waals surface area contributed by atoms with Crippen LogP contribution in [0.2, 0.25) is 0 Å². The van der Waals surface area contributed by atoms with Crippen molar-refractivity contribution < 1.29 is 4.74 Å². The molecule has 0 amide bonds. The molecule has 0 bridgehead atoms. The summed E-state index contributed by atoms with van der Waals surface area (Å²) in [5, 5.41) is 0. The first-order chi connectivity index (χ1) is 8.60. The standard InChI is InChI=1S/C16H25NO/c1-6-9-10-16(11-17)13(4)12-18-14(5)15(7-2)8-3/h6,9-12,15H,1,5,7-8,17H2,2-4H3/b10-9-,13-12+,16-11+. The van der Waals surface area contributed by atoms with E-state index in [4.69, 9.17) is 10.5 Å². The van der Waals surface area contributed by atoms with Crippen LogP contribution in [0.4, 0.5) is 0 Å². The summed E-state index contributed by atoms with van der Waals surface area (Å²) in [6.45, 7) is 13.8. The van der Waals surface area contributed by atoms with E-state index in [1.165, 1.54) is 0 Å². The van der Waals surface area contributed by atoms with Gasteiger partial charge in [0.25, 0.3) is 0 Å². The molecule has 0 heterocycles. The molecule has 0 radical (unpaired) electrons. The van der Waals surface area contributed by atoms with Crippen LogP contribution in [-0.2, 0) is 4.74 Å². The molecule has 0 unspecified atom stereocenters. The second-order valence-electron chi connectivity index (χ2n) is 4.12. The molecule has 0 aromatic carbocycles. The van der Waals surface area contributed by atoms with Crippen molar-refractivity contribution in [1.82, 2.24) is 0 Å². The second kappa shape index (κ2) is 9.34. The molecule has 2 heteroatoms. The van der Waals surface area contributed by atoms with E-state index in [0.717, 1.165) is 29.7 Å². The highest BCUT2D eigenvalue weighted by molar-refractivity contribution is 5.38. The predicted octanol–water partition coefficient (Wildman–Crippen LogP) is 4.44. The van der Waals surface area contributed by atoms with E-state index in [2.05, 4.69) is 27.0 Å². The summed E-state index contributed by atoms with van der Waals surface area (Å²) in [6.07, 6.45) is 10.8. The summed E-state index contributed by atoms with van der Waals surface area (Å²) in [6, 6.07) is 0. The van der Waals surface area contributed by atoms with Gasteiger partial charge in [0, 0.05) is 12.1 Å². The highest BCUT2D eigenvalue weighted by Crippen LogP contribution is 2.20. The summed E-state index contributed by atoms with van der Waals surface area (Å²) in [7, 11) is 0. The van der Waals surface area contributed by atoms with Gasteiger partial charge in [-0.2, -0.15) is 0 Å². The molecule has 18 heavy (non-hydrogen) atoms. The van der Waals surface area contributed by atoms with Gasteiger partial charge in [0.1, 0.15) is 0 Å². The molecular weight excluding hydrogens is 222 g/mol. The van der Waals surface area contributed by atoms with Gasteiger partial charge in [0.05, 0.1) is 12.0 Å². The van der Waals surface area contributed by atoms with Crippen LogP contribution in [0, 0.1) is 5.92 Å². The molecule has 0 aliphatic carbocycles. The third kappa shape index (κ3) is 5.58. The van der Waals surface area contributed by atoms with E-state index in [0.29, 0.717) is 5.92 Å². The van der Waals surface area contributed by atoms with Gasteiger partial charge in [-0.1, -0.05) is 45.2 Å². The summed E-state index contributed by atoms with van der Waals surface area (Å²) < 4.78 is 5.60. The Morgan fingerprint density at radius 2 is 1.94 bits per heavy atom. The maximum atomic E-state index is 5.60. The smallest absolute Gasteiger partial charge is 0.0991 e. The molecule has 0 aliphatic heterocycles. The van der Waals surface area contributed by atoms with Crippen LogP contribution in [-0.4, -0.2) is 0 Å². The van der Waals surface area contributed by atoms with Gasteiger partial charge in [-0.05, 0) is 30.9 Å². The number of ether oxygens (including phenoxy) is 1. The van der Waals surface area contributed by atoms with Crippen molar-refractivity contribution in [2.45, 2.75) is 33.6 Å². The Balaban J connectivity index is 4.64. The number of hydrogen-bond acceptors (Lipinski definition) is 2. The van der Waals surface area contributed by atoms with Crippen LogP contribution in [0.25, 0.3) is 0 Å². The van der Waals surface area contributed by atoms with Gasteiger partial charge in [0.15, 0.2) is 0 Å². The molecule has 100 valence electrons. The zero-order valence-corrected chi connectivity index (χ0v) is 11.8. The van der Waals surface area contributed by atoms with Crippen LogP contribution in [0.5, 0.6) is 0 Å². The highest BCUT2D eigenvalue weighted by atomic mass is 16.5. The van der Waals surface area contributed by atoms with Gasteiger partial charge in [-0.3, -0.25) is 0 Å². The van der Waals surface area contributed by atoms with Crippen molar-refractivity contribution >= 4 is 0 Å². The van der Waals surface area contributed by atoms with Crippen molar-refractivity contribution in [2.75, 3.05) is 0 Å². The normalized spacial score (nSPS) is 13.1. The Morgan fingerprint density at radius 1 is 1.33 bits per heavy atom. The molecule has 0 atom stereocenters. The van der Waals surface area contributed by atoms with Crippen molar-refractivity contribution in [3.8, 4) is 0 Å². The van der Waals surface area contributed by atoms with Crippen LogP contribution < -0.4 is 5.73 Å². The van der Waals surface area contributed by atoms with Crippen molar-refractivity contribution in [3.05, 3.63) is 60.8 Å². The minimum atomic E-state index is 0.406. The van der Waals surface area contributed by atoms with Gasteiger partial charge >= 0.3 is 0 Å². The minimum Gasteiger partial charge on any atom is -0.469 e. The van der Waals surface area contributed by atoms with Crippen molar-refractivity contribution in [3.63, 3.8) is 0 Å². The van der Waals surface area contributed by atoms with E-state index in [-0.39, 0.29) is 0 Å². The van der Waals surface area contributed by atoms with E-state index in [9.17, 15) is 0 Å². The summed E-state index contributed by atoms with van der Waals surface area (Å²) in [5.41, 5.74) is 7.44. The second-order valence-corrected chi connectivity index (χ2v) is 4.12. The lowest BCUT2D eigenvalue weighted by atomic mass is 10.0. The zero-order valence-electron chi connectivity index (χ0n) is 11.8. The Kier molecular flexibility index (Phi) is 8.46. The number of hydrogen-bond donors (Lipinski definition) is 1. The molecule has 0 saturated carbocycles. The zero-order chi connectivity index (χ0) is 14.0. The Bertz CT molecular complexity index is 357. The average molecular weight is 247 g/mol. The average Bonchev–Trinajstić information content (AvgIpc) is 2.38. The lowest BCUT2D eigenvalue weighted by molar-refractivity contribution is 0.280. The summed E-state index contributed by atoms with van der Waals surface area (Å²) in [4.78, 5) is 0. The number of nitrogens with two attached hydrogens (primary N) is 1. The molecule has 0 aromatic heterocycles. The van der Waals surface area contributed by atoms with Crippen LogP contribution >= 0.6 is 0 Å². The third-order valence-corrected chi connectivity index (χ3v) is 2.87. The Morgan fingerprint density at radius 3 is 2.39 bits per heavy atom. The molecule has 0 rings (SSSR count). The Labute approximate surface area is 111 Å². The predicted molar refractivity (Wildman–Crippen MR) is 79.7 cm³/mol. The first-order valence-electron chi connectivity index (χ1n) is 6.34. The van der Waals surface area contributed by atoms with Gasteiger partial charge < -0.3 is 10.5 Å². The summed E-state index contributed by atoms with van der Waals surface area (Å²) in [5.74, 6) is 1.21. The van der Waals surface area contributed by atoms with E-state index < -0.39 is 0 Å². The van der Waals surface area contributed by atoms with Gasteiger partial charge in [-0.15, -0.1) is 0 Å². The monoisotopic (exact) mass is 247 g/mol. The number of allylic oxidation sites excluding steroid dienone is 6. The molecular formula is C16H25NO. The molecule has 0 fully saturated rings. The van der Waals surface area contributed by atoms with Crippen LogP contribution in [0.1, 0.15) is 33.6 Å². The first-order valence-corrected chi connectivity index (χ1v) is 6.34. The molecule has 2 nitrogen and oxygen atoms in total. The fourth-order valence-electron chi connectivity index (χ4n) is 1.56. The van der Waals surface area contributed by atoms with Crippen LogP contribution in [0.3, 0.4) is 0 Å². The molecule has 0 saturated heterocycles. The van der Waals surface area contributed by atoms with Crippen molar-refractivity contribution in [2.24, 2.45) is 11.7 Å². The Hall–Kier alpha value is -1.70. The van der Waals surface area contributed by atoms with E-state index in [1.54, 1.807) is 18.5 Å². The van der Waals surface area contributed by atoms with Crippen molar-refractivity contribution in [1.29, 1.82) is 0 Å². The fourth-order valence-corrected chi connectivity index (χ4v) is 1.56.